The summed E-state index contributed by atoms with van der Waals surface area (Å²) < 4.78 is 18.4. The fraction of sp³-hybridized carbons (Fsp3) is 0.292. The average molecular weight is 450 g/mol. The maximum atomic E-state index is 13.5. The number of amides is 1. The first-order chi connectivity index (χ1) is 16.1. The van der Waals surface area contributed by atoms with Gasteiger partial charge in [0.1, 0.15) is 18.1 Å². The number of hydrogen-bond donors (Lipinski definition) is 2. The molecule has 1 amide bonds. The monoisotopic (exact) mass is 449 g/mol. The molecule has 2 heterocycles. The highest BCUT2D eigenvalue weighted by Crippen LogP contribution is 2.39. The minimum atomic E-state index is -0.521. The van der Waals surface area contributed by atoms with Gasteiger partial charge in [-0.15, -0.1) is 0 Å². The smallest absolute Gasteiger partial charge is 0.255 e. The van der Waals surface area contributed by atoms with Crippen LogP contribution in [0, 0.1) is 0 Å². The van der Waals surface area contributed by atoms with Crippen LogP contribution in [0.25, 0.3) is 0 Å². The summed E-state index contributed by atoms with van der Waals surface area (Å²) >= 11 is 0. The van der Waals surface area contributed by atoms with Crippen LogP contribution in [0.2, 0.25) is 0 Å². The van der Waals surface area contributed by atoms with Gasteiger partial charge in [-0.25, -0.2) is 4.68 Å². The van der Waals surface area contributed by atoms with Gasteiger partial charge in [0.15, 0.2) is 11.5 Å². The number of anilines is 2. The summed E-state index contributed by atoms with van der Waals surface area (Å²) in [6.07, 6.45) is 2.34. The molecule has 3 aromatic rings. The molecule has 0 radical (unpaired) electrons. The lowest BCUT2D eigenvalue weighted by molar-refractivity contribution is -0.113. The van der Waals surface area contributed by atoms with Gasteiger partial charge in [0, 0.05) is 5.70 Å². The molecule has 1 unspecified atom stereocenters. The summed E-state index contributed by atoms with van der Waals surface area (Å²) in [6, 6.07) is 12.4. The van der Waals surface area contributed by atoms with Crippen molar-refractivity contribution in [3.63, 3.8) is 0 Å². The fourth-order valence-electron chi connectivity index (χ4n) is 3.82. The van der Waals surface area contributed by atoms with Crippen molar-refractivity contribution in [2.75, 3.05) is 31.5 Å². The Hall–Kier alpha value is -4.01. The van der Waals surface area contributed by atoms with E-state index in [1.165, 1.54) is 6.33 Å². The highest BCUT2D eigenvalue weighted by molar-refractivity contribution is 6.06. The van der Waals surface area contributed by atoms with Crippen LogP contribution in [0.4, 0.5) is 11.6 Å². The number of ether oxygens (including phenoxy) is 3. The second-order valence-electron chi connectivity index (χ2n) is 7.51. The van der Waals surface area contributed by atoms with Gasteiger partial charge in [-0.3, -0.25) is 4.79 Å². The van der Waals surface area contributed by atoms with E-state index in [2.05, 4.69) is 20.7 Å². The predicted octanol–water partition coefficient (Wildman–Crippen LogP) is 4.01. The molecule has 1 atom stereocenters. The van der Waals surface area contributed by atoms with Crippen molar-refractivity contribution in [3.8, 4) is 17.2 Å². The third-order valence-electron chi connectivity index (χ3n) is 5.36. The highest BCUT2D eigenvalue weighted by atomic mass is 16.5. The van der Waals surface area contributed by atoms with E-state index in [-0.39, 0.29) is 5.91 Å². The topological polar surface area (TPSA) is 99.5 Å². The molecule has 172 valence electrons. The van der Waals surface area contributed by atoms with Crippen LogP contribution >= 0.6 is 0 Å². The molecule has 2 aromatic carbocycles. The Bertz CT molecular complexity index is 1190. The summed E-state index contributed by atoms with van der Waals surface area (Å²) in [6.45, 7) is 4.47. The quantitative estimate of drug-likeness (QED) is 0.536. The summed E-state index contributed by atoms with van der Waals surface area (Å²) in [5.74, 6) is 2.09. The lowest BCUT2D eigenvalue weighted by Crippen LogP contribution is -2.31. The van der Waals surface area contributed by atoms with Gasteiger partial charge in [0.2, 0.25) is 5.95 Å². The number of benzene rings is 2. The van der Waals surface area contributed by atoms with Crippen LogP contribution in [0.15, 0.2) is 60.1 Å². The summed E-state index contributed by atoms with van der Waals surface area (Å²) in [4.78, 5) is 17.8. The molecule has 4 rings (SSSR count). The van der Waals surface area contributed by atoms with Crippen LogP contribution in [-0.4, -0.2) is 41.5 Å². The Balaban J connectivity index is 1.75. The van der Waals surface area contributed by atoms with Gasteiger partial charge in [-0.05, 0) is 43.2 Å². The molecule has 1 aliphatic rings. The van der Waals surface area contributed by atoms with Crippen LogP contribution < -0.4 is 24.8 Å². The maximum Gasteiger partial charge on any atom is 0.255 e. The molecule has 1 aliphatic heterocycles. The molecular formula is C24H27N5O4. The Labute approximate surface area is 192 Å². The minimum Gasteiger partial charge on any atom is -0.495 e. The minimum absolute atomic E-state index is 0.277. The van der Waals surface area contributed by atoms with Gasteiger partial charge in [0.25, 0.3) is 5.91 Å². The lowest BCUT2D eigenvalue weighted by Gasteiger charge is -2.29. The molecule has 1 aromatic heterocycles. The van der Waals surface area contributed by atoms with E-state index in [4.69, 9.17) is 14.2 Å². The number of rotatable bonds is 8. The van der Waals surface area contributed by atoms with E-state index in [0.29, 0.717) is 46.8 Å². The van der Waals surface area contributed by atoms with E-state index in [1.54, 1.807) is 31.0 Å². The third kappa shape index (κ3) is 4.34. The predicted molar refractivity (Wildman–Crippen MR) is 125 cm³/mol. The number of hydrogen-bond acceptors (Lipinski definition) is 7. The first-order valence-electron chi connectivity index (χ1n) is 10.7. The van der Waals surface area contributed by atoms with Gasteiger partial charge >= 0.3 is 0 Å². The lowest BCUT2D eigenvalue weighted by atomic mass is 9.94. The average Bonchev–Trinajstić information content (AvgIpc) is 3.30. The molecule has 0 saturated heterocycles. The second-order valence-corrected chi connectivity index (χ2v) is 7.51. The van der Waals surface area contributed by atoms with E-state index >= 15 is 0 Å². The summed E-state index contributed by atoms with van der Waals surface area (Å²) in [5.41, 5.74) is 2.57. The highest BCUT2D eigenvalue weighted by Gasteiger charge is 2.34. The molecule has 0 spiro atoms. The van der Waals surface area contributed by atoms with E-state index in [1.807, 2.05) is 44.2 Å². The largest absolute Gasteiger partial charge is 0.495 e. The number of nitrogens with zero attached hydrogens (tertiary/aromatic N) is 3. The first kappa shape index (κ1) is 22.2. The van der Waals surface area contributed by atoms with Crippen LogP contribution in [0.3, 0.4) is 0 Å². The van der Waals surface area contributed by atoms with Gasteiger partial charge in [-0.1, -0.05) is 25.1 Å². The summed E-state index contributed by atoms with van der Waals surface area (Å²) in [7, 11) is 3.16. The van der Waals surface area contributed by atoms with Crippen LogP contribution in [0.5, 0.6) is 17.2 Å². The van der Waals surface area contributed by atoms with E-state index < -0.39 is 6.04 Å². The van der Waals surface area contributed by atoms with Gasteiger partial charge in [-0.2, -0.15) is 10.1 Å². The first-order valence-corrected chi connectivity index (χ1v) is 10.7. The zero-order valence-corrected chi connectivity index (χ0v) is 19.1. The van der Waals surface area contributed by atoms with Crippen LogP contribution in [0.1, 0.15) is 31.9 Å². The second kappa shape index (κ2) is 9.64. The number of carbonyl (C=O) groups is 1. The number of nitrogens with one attached hydrogen (secondary N) is 2. The number of aromatic nitrogens is 3. The number of para-hydroxylation sites is 2. The zero-order chi connectivity index (χ0) is 23.4. The molecule has 0 aliphatic carbocycles. The normalized spacial score (nSPS) is 14.8. The SMILES string of the molecule is CCCOc1ccc(C2C(C(=O)Nc3ccccc3OC)=C(C)Nc3ncnn32)cc1OC. The fourth-order valence-corrected chi connectivity index (χ4v) is 3.82. The summed E-state index contributed by atoms with van der Waals surface area (Å²) in [5, 5.41) is 10.5. The van der Waals surface area contributed by atoms with Crippen molar-refractivity contribution >= 4 is 17.5 Å². The van der Waals surface area contributed by atoms with Crippen LogP contribution in [-0.2, 0) is 4.79 Å². The van der Waals surface area contributed by atoms with Crippen molar-refractivity contribution in [3.05, 3.63) is 65.6 Å². The van der Waals surface area contributed by atoms with Gasteiger partial charge < -0.3 is 24.8 Å². The van der Waals surface area contributed by atoms with Crippen molar-refractivity contribution in [2.24, 2.45) is 0 Å². The Kier molecular flexibility index (Phi) is 6.48. The molecule has 0 bridgehead atoms. The molecule has 33 heavy (non-hydrogen) atoms. The van der Waals surface area contributed by atoms with Crippen molar-refractivity contribution < 1.29 is 19.0 Å². The third-order valence-corrected chi connectivity index (χ3v) is 5.36. The van der Waals surface area contributed by atoms with Crippen molar-refractivity contribution in [1.29, 1.82) is 0 Å². The number of fused-ring (bicyclic) bond motifs is 1. The van der Waals surface area contributed by atoms with E-state index in [9.17, 15) is 4.79 Å². The molecule has 0 saturated carbocycles. The van der Waals surface area contributed by atoms with Gasteiger partial charge in [0.05, 0.1) is 32.1 Å². The zero-order valence-electron chi connectivity index (χ0n) is 19.1. The van der Waals surface area contributed by atoms with E-state index in [0.717, 1.165) is 12.0 Å². The molecule has 2 N–H and O–H groups in total. The van der Waals surface area contributed by atoms with Crippen molar-refractivity contribution in [1.82, 2.24) is 14.8 Å². The molecule has 9 nitrogen and oxygen atoms in total. The standard InChI is InChI=1S/C24H27N5O4/c1-5-12-33-19-11-10-16(13-20(19)32-4)22-21(15(2)27-24-25-14-26-29(22)24)23(30)28-17-8-6-7-9-18(17)31-3/h6-11,13-14,22H,5,12H2,1-4H3,(H,28,30)(H,25,26,27). The number of allylic oxidation sites excluding steroid dienone is 1. The Morgan fingerprint density at radius 2 is 1.91 bits per heavy atom. The number of carbonyl (C=O) groups excluding carboxylic acids is 1. The molecule has 0 fully saturated rings. The molecular weight excluding hydrogens is 422 g/mol. The van der Waals surface area contributed by atoms with Crippen molar-refractivity contribution in [2.45, 2.75) is 26.3 Å². The molecule has 9 heteroatoms. The number of methoxy groups -OCH3 is 2. The Morgan fingerprint density at radius 1 is 1.12 bits per heavy atom. The Morgan fingerprint density at radius 3 is 2.67 bits per heavy atom. The maximum absolute atomic E-state index is 13.5.